The summed E-state index contributed by atoms with van der Waals surface area (Å²) in [6, 6.07) is 7.54. The first-order valence-electron chi connectivity index (χ1n) is 7.27. The van der Waals surface area contributed by atoms with Crippen LogP contribution in [0.3, 0.4) is 0 Å². The molecule has 1 aromatic carbocycles. The molecule has 0 bridgehead atoms. The van der Waals surface area contributed by atoms with Crippen molar-refractivity contribution in [2.75, 3.05) is 7.11 Å². The van der Waals surface area contributed by atoms with Crippen molar-refractivity contribution in [1.82, 2.24) is 20.3 Å². The van der Waals surface area contributed by atoms with Crippen LogP contribution in [0.2, 0.25) is 19.6 Å². The van der Waals surface area contributed by atoms with E-state index in [1.165, 1.54) is 0 Å². The number of aromatic nitrogens is 3. The Hall–Kier alpha value is -2.15. The van der Waals surface area contributed by atoms with E-state index in [-0.39, 0.29) is 18.5 Å². The molecule has 7 heteroatoms. The summed E-state index contributed by atoms with van der Waals surface area (Å²) in [6.45, 7) is 6.94. The predicted molar refractivity (Wildman–Crippen MR) is 86.0 cm³/mol. The fourth-order valence-electron chi connectivity index (χ4n) is 2.71. The molecule has 22 heavy (non-hydrogen) atoms. The summed E-state index contributed by atoms with van der Waals surface area (Å²) in [5.74, 6) is 0.753. The van der Waals surface area contributed by atoms with Gasteiger partial charge in [-0.05, 0) is 17.7 Å². The largest absolute Gasteiger partial charge is 0.497 e. The van der Waals surface area contributed by atoms with Gasteiger partial charge in [-0.1, -0.05) is 37.0 Å². The maximum absolute atomic E-state index is 12.0. The summed E-state index contributed by atoms with van der Waals surface area (Å²) >= 11 is 0. The number of benzene rings is 1. The highest BCUT2D eigenvalue weighted by Gasteiger charge is 2.35. The first-order valence-corrected chi connectivity index (χ1v) is 10.8. The Bertz CT molecular complexity index is 703. The molecule has 2 aromatic rings. The molecule has 1 amide bonds. The van der Waals surface area contributed by atoms with Crippen molar-refractivity contribution in [3.8, 4) is 5.75 Å². The average Bonchev–Trinajstić information content (AvgIpc) is 2.90. The summed E-state index contributed by atoms with van der Waals surface area (Å²) in [5.41, 5.74) is 2.03. The molecule has 0 spiro atoms. The fraction of sp³-hybridized carbons (Fsp3) is 0.400. The van der Waals surface area contributed by atoms with Gasteiger partial charge in [0.2, 0.25) is 5.91 Å². The summed E-state index contributed by atoms with van der Waals surface area (Å²) in [5, 5.41) is 12.7. The maximum atomic E-state index is 12.0. The normalized spacial score (nSPS) is 17.8. The molecular formula is C15H20N4O2Si. The third-order valence-corrected chi connectivity index (χ3v) is 5.58. The van der Waals surface area contributed by atoms with Gasteiger partial charge in [0.25, 0.3) is 0 Å². The number of nitrogens with zero attached hydrogens (tertiary/aromatic N) is 3. The van der Waals surface area contributed by atoms with Gasteiger partial charge in [0.15, 0.2) is 0 Å². The first kappa shape index (κ1) is 14.8. The van der Waals surface area contributed by atoms with Crippen LogP contribution in [-0.4, -0.2) is 36.1 Å². The molecule has 116 valence electrons. The number of hydrogen-bond donors (Lipinski definition) is 1. The lowest BCUT2D eigenvalue weighted by molar-refractivity contribution is -0.123. The summed E-state index contributed by atoms with van der Waals surface area (Å²) < 4.78 is 6.94. The topological polar surface area (TPSA) is 69.0 Å². The second-order valence-corrected chi connectivity index (χ2v) is 11.5. The molecule has 2 heterocycles. The number of amides is 1. The Balaban J connectivity index is 2.09. The highest BCUT2D eigenvalue weighted by Crippen LogP contribution is 2.26. The van der Waals surface area contributed by atoms with E-state index in [0.29, 0.717) is 0 Å². The van der Waals surface area contributed by atoms with Gasteiger partial charge in [0, 0.05) is 0 Å². The zero-order chi connectivity index (χ0) is 15.9. The first-order chi connectivity index (χ1) is 10.4. The van der Waals surface area contributed by atoms with Gasteiger partial charge >= 0.3 is 0 Å². The molecule has 0 fully saturated rings. The van der Waals surface area contributed by atoms with Crippen LogP contribution in [-0.2, 0) is 11.3 Å². The third-order valence-electron chi connectivity index (χ3n) is 3.81. The molecular weight excluding hydrogens is 296 g/mol. The minimum absolute atomic E-state index is 0.0413. The number of hydrogen-bond acceptors (Lipinski definition) is 4. The lowest BCUT2D eigenvalue weighted by atomic mass is 10.0. The fourth-order valence-corrected chi connectivity index (χ4v) is 4.09. The van der Waals surface area contributed by atoms with Crippen LogP contribution in [0.5, 0.6) is 5.75 Å². The van der Waals surface area contributed by atoms with E-state index in [2.05, 4.69) is 35.3 Å². The van der Waals surface area contributed by atoms with Crippen LogP contribution in [0.4, 0.5) is 0 Å². The standard InChI is InChI=1S/C15H20N4O2Si/c1-21-11-7-5-10(6-8-11)13-14-15(22(2,3)4)17-18-19(14)9-12(20)16-13/h5-8,13H,9H2,1-4H3,(H,16,20). The SMILES string of the molecule is COc1ccc(C2NC(=O)Cn3nnc([Si](C)(C)C)c32)cc1. The predicted octanol–water partition coefficient (Wildman–Crippen LogP) is 1.05. The van der Waals surface area contributed by atoms with Crippen molar-refractivity contribution in [1.29, 1.82) is 0 Å². The van der Waals surface area contributed by atoms with E-state index in [4.69, 9.17) is 4.74 Å². The average molecular weight is 316 g/mol. The number of carbonyl (C=O) groups is 1. The van der Waals surface area contributed by atoms with E-state index in [1.807, 2.05) is 24.3 Å². The van der Waals surface area contributed by atoms with E-state index in [9.17, 15) is 4.79 Å². The van der Waals surface area contributed by atoms with E-state index >= 15 is 0 Å². The molecule has 1 aliphatic heterocycles. The number of rotatable bonds is 3. The van der Waals surface area contributed by atoms with Crippen LogP contribution in [0.1, 0.15) is 17.3 Å². The molecule has 1 atom stereocenters. The summed E-state index contributed by atoms with van der Waals surface area (Å²) in [4.78, 5) is 12.0. The van der Waals surface area contributed by atoms with Crippen LogP contribution in [0.15, 0.2) is 24.3 Å². The number of ether oxygens (including phenoxy) is 1. The Kier molecular flexibility index (Phi) is 3.52. The second-order valence-electron chi connectivity index (χ2n) is 6.50. The van der Waals surface area contributed by atoms with Gasteiger partial charge in [-0.15, -0.1) is 5.10 Å². The molecule has 0 saturated carbocycles. The van der Waals surface area contributed by atoms with Crippen LogP contribution >= 0.6 is 0 Å². The molecule has 1 aliphatic rings. The van der Waals surface area contributed by atoms with Gasteiger partial charge in [-0.3, -0.25) is 4.79 Å². The Morgan fingerprint density at radius 1 is 1.27 bits per heavy atom. The van der Waals surface area contributed by atoms with Crippen molar-refractivity contribution in [2.45, 2.75) is 32.2 Å². The van der Waals surface area contributed by atoms with Gasteiger partial charge in [-0.25, -0.2) is 4.68 Å². The molecule has 0 radical (unpaired) electrons. The monoisotopic (exact) mass is 316 g/mol. The maximum Gasteiger partial charge on any atom is 0.242 e. The van der Waals surface area contributed by atoms with Crippen molar-refractivity contribution >= 4 is 19.3 Å². The minimum atomic E-state index is -1.65. The number of nitrogens with one attached hydrogen (secondary N) is 1. The van der Waals surface area contributed by atoms with Crippen molar-refractivity contribution in [3.63, 3.8) is 0 Å². The number of carbonyl (C=O) groups excluding carboxylic acids is 1. The van der Waals surface area contributed by atoms with Gasteiger partial charge < -0.3 is 10.1 Å². The number of methoxy groups -OCH3 is 1. The Morgan fingerprint density at radius 3 is 2.55 bits per heavy atom. The Morgan fingerprint density at radius 2 is 1.95 bits per heavy atom. The van der Waals surface area contributed by atoms with Crippen molar-refractivity contribution < 1.29 is 9.53 Å². The highest BCUT2D eigenvalue weighted by molar-refractivity contribution is 6.88. The lowest BCUT2D eigenvalue weighted by Gasteiger charge is -2.28. The van der Waals surface area contributed by atoms with E-state index < -0.39 is 8.07 Å². The molecule has 0 saturated heterocycles. The summed E-state index contributed by atoms with van der Waals surface area (Å²) in [7, 11) is -0.00674. The van der Waals surface area contributed by atoms with Gasteiger partial charge in [-0.2, -0.15) is 0 Å². The quantitative estimate of drug-likeness (QED) is 0.860. The van der Waals surface area contributed by atoms with E-state index in [0.717, 1.165) is 22.3 Å². The van der Waals surface area contributed by atoms with E-state index in [1.54, 1.807) is 11.8 Å². The third kappa shape index (κ3) is 2.52. The number of fused-ring (bicyclic) bond motifs is 1. The van der Waals surface area contributed by atoms with Crippen molar-refractivity contribution in [3.05, 3.63) is 35.5 Å². The smallest absolute Gasteiger partial charge is 0.242 e. The highest BCUT2D eigenvalue weighted by atomic mass is 28.3. The molecule has 1 aromatic heterocycles. The van der Waals surface area contributed by atoms with Crippen LogP contribution < -0.4 is 15.4 Å². The van der Waals surface area contributed by atoms with Gasteiger partial charge in [0.05, 0.1) is 24.2 Å². The molecule has 6 nitrogen and oxygen atoms in total. The zero-order valence-corrected chi connectivity index (χ0v) is 14.3. The van der Waals surface area contributed by atoms with Gasteiger partial charge in [0.1, 0.15) is 20.4 Å². The minimum Gasteiger partial charge on any atom is -0.497 e. The van der Waals surface area contributed by atoms with Crippen LogP contribution in [0.25, 0.3) is 0 Å². The lowest BCUT2D eigenvalue weighted by Crippen LogP contribution is -2.47. The van der Waals surface area contributed by atoms with Crippen LogP contribution in [0, 0.1) is 0 Å². The van der Waals surface area contributed by atoms with Crippen molar-refractivity contribution in [2.24, 2.45) is 0 Å². The molecule has 3 rings (SSSR count). The molecule has 0 aliphatic carbocycles. The molecule has 1 N–H and O–H groups in total. The summed E-state index contributed by atoms with van der Waals surface area (Å²) in [6.07, 6.45) is 0. The zero-order valence-electron chi connectivity index (χ0n) is 13.3. The second kappa shape index (κ2) is 5.24. The molecule has 1 unspecified atom stereocenters. The Labute approximate surface area is 130 Å².